The van der Waals surface area contributed by atoms with Crippen molar-refractivity contribution in [3.8, 4) is 0 Å². The van der Waals surface area contributed by atoms with Gasteiger partial charge in [0, 0.05) is 18.1 Å². The average molecular weight is 281 g/mol. The van der Waals surface area contributed by atoms with Crippen LogP contribution in [0.15, 0.2) is 0 Å². The van der Waals surface area contributed by atoms with Gasteiger partial charge in [-0.1, -0.05) is 57.8 Å². The van der Waals surface area contributed by atoms with Crippen molar-refractivity contribution in [2.75, 3.05) is 13.2 Å². The number of morpholine rings is 1. The van der Waals surface area contributed by atoms with E-state index in [0.29, 0.717) is 12.1 Å². The fraction of sp³-hybridized carbons (Fsp3) is 1.00. The van der Waals surface area contributed by atoms with Gasteiger partial charge in [0.2, 0.25) is 0 Å². The van der Waals surface area contributed by atoms with Crippen molar-refractivity contribution in [2.24, 2.45) is 0 Å². The Kier molecular flexibility index (Phi) is 7.37. The Morgan fingerprint density at radius 3 is 1.50 bits per heavy atom. The summed E-state index contributed by atoms with van der Waals surface area (Å²) >= 11 is 0. The Bertz CT molecular complexity index is 234. The molecule has 2 atom stereocenters. The van der Waals surface area contributed by atoms with E-state index >= 15 is 0 Å². The Hall–Kier alpha value is -0.0800. The first-order valence-corrected chi connectivity index (χ1v) is 9.14. The molecule has 2 unspecified atom stereocenters. The molecule has 1 aliphatic carbocycles. The van der Waals surface area contributed by atoms with Crippen LogP contribution in [0.5, 0.6) is 0 Å². The van der Waals surface area contributed by atoms with Crippen LogP contribution in [0, 0.1) is 0 Å². The summed E-state index contributed by atoms with van der Waals surface area (Å²) in [7, 11) is 0. The van der Waals surface area contributed by atoms with Gasteiger partial charge in [0.25, 0.3) is 0 Å². The highest BCUT2D eigenvalue weighted by Gasteiger charge is 2.30. The molecule has 1 saturated heterocycles. The van der Waals surface area contributed by atoms with Gasteiger partial charge >= 0.3 is 0 Å². The predicted molar refractivity (Wildman–Crippen MR) is 86.2 cm³/mol. The van der Waals surface area contributed by atoms with E-state index < -0.39 is 0 Å². The summed E-state index contributed by atoms with van der Waals surface area (Å²) < 4.78 is 5.71. The Labute approximate surface area is 126 Å². The summed E-state index contributed by atoms with van der Waals surface area (Å²) in [5.74, 6) is 0. The minimum atomic E-state index is 0.608. The zero-order valence-corrected chi connectivity index (χ0v) is 13.8. The molecule has 2 nitrogen and oxygen atoms in total. The smallest absolute Gasteiger partial charge is 0.0620 e. The van der Waals surface area contributed by atoms with Crippen molar-refractivity contribution in [3.05, 3.63) is 0 Å². The SMILES string of the molecule is CC1COCC(C)N1C1CCCCCCCCCCC1. The van der Waals surface area contributed by atoms with Gasteiger partial charge in [-0.2, -0.15) is 0 Å². The highest BCUT2D eigenvalue weighted by molar-refractivity contribution is 4.84. The maximum Gasteiger partial charge on any atom is 0.0620 e. The first kappa shape index (κ1) is 16.3. The van der Waals surface area contributed by atoms with Crippen molar-refractivity contribution in [2.45, 2.75) is 103 Å². The Morgan fingerprint density at radius 2 is 1.05 bits per heavy atom. The lowest BCUT2D eigenvalue weighted by Gasteiger charge is -2.44. The Morgan fingerprint density at radius 1 is 0.650 bits per heavy atom. The molecule has 0 aromatic carbocycles. The summed E-state index contributed by atoms with van der Waals surface area (Å²) in [6.07, 6.45) is 15.9. The van der Waals surface area contributed by atoms with Crippen molar-refractivity contribution < 1.29 is 4.74 Å². The van der Waals surface area contributed by atoms with Crippen LogP contribution in [-0.4, -0.2) is 36.2 Å². The van der Waals surface area contributed by atoms with E-state index in [1.807, 2.05) is 0 Å². The zero-order chi connectivity index (χ0) is 14.2. The minimum absolute atomic E-state index is 0.608. The molecule has 0 bridgehead atoms. The molecule has 2 aliphatic rings. The Balaban J connectivity index is 1.90. The molecule has 2 heteroatoms. The lowest BCUT2D eigenvalue weighted by atomic mass is 9.94. The predicted octanol–water partition coefficient (Wildman–Crippen LogP) is 4.77. The number of hydrogen-bond donors (Lipinski definition) is 0. The third-order valence-electron chi connectivity index (χ3n) is 5.23. The summed E-state index contributed by atoms with van der Waals surface area (Å²) in [6, 6.07) is 2.02. The molecule has 1 saturated carbocycles. The van der Waals surface area contributed by atoms with Crippen LogP contribution in [0.4, 0.5) is 0 Å². The molecule has 0 spiro atoms. The average Bonchev–Trinajstić information content (AvgIpc) is 2.41. The summed E-state index contributed by atoms with van der Waals surface area (Å²) in [5.41, 5.74) is 0. The van der Waals surface area contributed by atoms with E-state index in [1.54, 1.807) is 0 Å². The lowest BCUT2D eigenvalue weighted by molar-refractivity contribution is -0.0620. The summed E-state index contributed by atoms with van der Waals surface area (Å²) in [5, 5.41) is 0. The number of ether oxygens (including phenoxy) is 1. The van der Waals surface area contributed by atoms with Gasteiger partial charge in [0.05, 0.1) is 13.2 Å². The molecule has 0 aromatic heterocycles. The van der Waals surface area contributed by atoms with E-state index in [-0.39, 0.29) is 0 Å². The molecular formula is C18H35NO. The van der Waals surface area contributed by atoms with Gasteiger partial charge in [-0.25, -0.2) is 0 Å². The van der Waals surface area contributed by atoms with Crippen LogP contribution in [0.2, 0.25) is 0 Å². The fourth-order valence-electron chi connectivity index (χ4n) is 4.18. The van der Waals surface area contributed by atoms with Gasteiger partial charge in [-0.15, -0.1) is 0 Å². The summed E-state index contributed by atoms with van der Waals surface area (Å²) in [4.78, 5) is 2.79. The molecule has 0 radical (unpaired) electrons. The van der Waals surface area contributed by atoms with E-state index in [2.05, 4.69) is 18.7 Å². The number of rotatable bonds is 1. The normalized spacial score (nSPS) is 33.3. The zero-order valence-electron chi connectivity index (χ0n) is 13.8. The summed E-state index contributed by atoms with van der Waals surface area (Å²) in [6.45, 7) is 6.57. The molecule has 0 N–H and O–H groups in total. The largest absolute Gasteiger partial charge is 0.378 e. The van der Waals surface area contributed by atoms with Crippen LogP contribution in [0.3, 0.4) is 0 Å². The van der Waals surface area contributed by atoms with Crippen molar-refractivity contribution in [3.63, 3.8) is 0 Å². The topological polar surface area (TPSA) is 12.5 Å². The third-order valence-corrected chi connectivity index (χ3v) is 5.23. The van der Waals surface area contributed by atoms with E-state index in [4.69, 9.17) is 4.74 Å². The maximum absolute atomic E-state index is 5.71. The maximum atomic E-state index is 5.71. The third kappa shape index (κ3) is 5.04. The lowest BCUT2D eigenvalue weighted by Crippen LogP contribution is -2.54. The molecule has 2 rings (SSSR count). The van der Waals surface area contributed by atoms with Crippen molar-refractivity contribution in [1.82, 2.24) is 4.90 Å². The number of nitrogens with zero attached hydrogens (tertiary/aromatic N) is 1. The van der Waals surface area contributed by atoms with Crippen LogP contribution in [-0.2, 0) is 4.74 Å². The molecule has 20 heavy (non-hydrogen) atoms. The highest BCUT2D eigenvalue weighted by Crippen LogP contribution is 2.25. The second kappa shape index (κ2) is 9.04. The van der Waals surface area contributed by atoms with E-state index in [1.165, 1.54) is 70.6 Å². The van der Waals surface area contributed by atoms with Gasteiger partial charge in [0.15, 0.2) is 0 Å². The molecular weight excluding hydrogens is 246 g/mol. The molecule has 1 aliphatic heterocycles. The second-order valence-corrected chi connectivity index (χ2v) is 7.10. The highest BCUT2D eigenvalue weighted by atomic mass is 16.5. The van der Waals surface area contributed by atoms with E-state index in [0.717, 1.165) is 19.3 Å². The van der Waals surface area contributed by atoms with Crippen LogP contribution in [0.1, 0.15) is 84.5 Å². The van der Waals surface area contributed by atoms with Crippen LogP contribution in [0.25, 0.3) is 0 Å². The monoisotopic (exact) mass is 281 g/mol. The molecule has 0 aromatic rings. The van der Waals surface area contributed by atoms with Crippen LogP contribution < -0.4 is 0 Å². The van der Waals surface area contributed by atoms with Crippen molar-refractivity contribution in [1.29, 1.82) is 0 Å². The van der Waals surface area contributed by atoms with Crippen molar-refractivity contribution >= 4 is 0 Å². The van der Waals surface area contributed by atoms with E-state index in [9.17, 15) is 0 Å². The van der Waals surface area contributed by atoms with Gasteiger partial charge in [0.1, 0.15) is 0 Å². The minimum Gasteiger partial charge on any atom is -0.378 e. The molecule has 1 heterocycles. The van der Waals surface area contributed by atoms with Crippen LogP contribution >= 0.6 is 0 Å². The fourth-order valence-corrected chi connectivity index (χ4v) is 4.18. The second-order valence-electron chi connectivity index (χ2n) is 7.10. The first-order valence-electron chi connectivity index (χ1n) is 9.14. The first-order chi connectivity index (χ1) is 9.79. The van der Waals surface area contributed by atoms with Gasteiger partial charge < -0.3 is 4.74 Å². The molecule has 118 valence electrons. The quantitative estimate of drug-likeness (QED) is 0.686. The molecule has 2 fully saturated rings. The molecule has 0 amide bonds. The standard InChI is InChI=1S/C18H35NO/c1-16-14-20-15-17(2)19(16)18-12-10-8-6-4-3-5-7-9-11-13-18/h16-18H,3-15H2,1-2H3. The van der Waals surface area contributed by atoms with Gasteiger partial charge in [-0.05, 0) is 26.7 Å². The van der Waals surface area contributed by atoms with Gasteiger partial charge in [-0.3, -0.25) is 4.90 Å². The number of hydrogen-bond acceptors (Lipinski definition) is 2.